The maximum atomic E-state index is 11.6. The molecule has 0 aromatic heterocycles. The van der Waals surface area contributed by atoms with Gasteiger partial charge in [0.15, 0.2) is 0 Å². The monoisotopic (exact) mass is 235 g/mol. The van der Waals surface area contributed by atoms with Crippen molar-refractivity contribution in [2.24, 2.45) is 0 Å². The van der Waals surface area contributed by atoms with Crippen LogP contribution in [0.4, 0.5) is 0 Å². The van der Waals surface area contributed by atoms with Crippen LogP contribution >= 0.6 is 0 Å². The number of carbonyl (C=O) groups excluding carboxylic acids is 1. The summed E-state index contributed by atoms with van der Waals surface area (Å²) in [6.07, 6.45) is 0.648. The van der Waals surface area contributed by atoms with Gasteiger partial charge in [-0.3, -0.25) is 4.79 Å². The Labute approximate surface area is 89.9 Å². The molecule has 1 aliphatic rings. The Morgan fingerprint density at radius 1 is 1.47 bits per heavy atom. The average Bonchev–Trinajstić information content (AvgIpc) is 2.65. The Balaban J connectivity index is 2.27. The van der Waals surface area contributed by atoms with Crippen molar-refractivity contribution >= 4 is 15.9 Å². The van der Waals surface area contributed by atoms with Gasteiger partial charge in [-0.2, -0.15) is 0 Å². The molecule has 1 aliphatic heterocycles. The lowest BCUT2D eigenvalue weighted by atomic mass is 10.4. The molecule has 0 aliphatic carbocycles. The second kappa shape index (κ2) is 5.43. The quantitative estimate of drug-likeness (QED) is 0.501. The summed E-state index contributed by atoms with van der Waals surface area (Å²) in [5, 5.41) is 5.19. The minimum atomic E-state index is -3.22. The molecular formula is C8H17N3O3S. The first-order chi connectivity index (χ1) is 7.02. The number of sulfonamides is 1. The van der Waals surface area contributed by atoms with Gasteiger partial charge in [-0.05, 0) is 13.0 Å². The Bertz CT molecular complexity index is 309. The largest absolute Gasteiger partial charge is 0.355 e. The van der Waals surface area contributed by atoms with Crippen LogP contribution in [0.1, 0.15) is 13.3 Å². The lowest BCUT2D eigenvalue weighted by molar-refractivity contribution is -0.118. The van der Waals surface area contributed by atoms with Gasteiger partial charge in [-0.15, -0.1) is 0 Å². The van der Waals surface area contributed by atoms with Gasteiger partial charge in [0.25, 0.3) is 0 Å². The van der Waals surface area contributed by atoms with Crippen molar-refractivity contribution in [3.8, 4) is 0 Å². The van der Waals surface area contributed by atoms with Crippen LogP contribution in [-0.4, -0.2) is 45.8 Å². The maximum absolute atomic E-state index is 11.6. The molecule has 1 saturated heterocycles. The third kappa shape index (κ3) is 4.15. The number of rotatable bonds is 5. The van der Waals surface area contributed by atoms with Crippen LogP contribution in [-0.2, 0) is 14.8 Å². The van der Waals surface area contributed by atoms with Crippen LogP contribution < -0.4 is 15.4 Å². The minimum absolute atomic E-state index is 0.156. The summed E-state index contributed by atoms with van der Waals surface area (Å²) in [5.41, 5.74) is 0. The third-order valence-corrected chi connectivity index (χ3v) is 4.14. The number of carbonyl (C=O) groups is 1. The summed E-state index contributed by atoms with van der Waals surface area (Å²) in [6, 6.07) is 0. The molecule has 1 amide bonds. The molecule has 1 atom stereocenters. The van der Waals surface area contributed by atoms with Crippen LogP contribution in [0.15, 0.2) is 0 Å². The van der Waals surface area contributed by atoms with E-state index in [4.69, 9.17) is 0 Å². The second-order valence-electron chi connectivity index (χ2n) is 3.54. The Kier molecular flexibility index (Phi) is 4.49. The number of amides is 1. The van der Waals surface area contributed by atoms with Crippen molar-refractivity contribution < 1.29 is 13.2 Å². The summed E-state index contributed by atoms with van der Waals surface area (Å²) in [7, 11) is -3.22. The van der Waals surface area contributed by atoms with Crippen LogP contribution in [0.3, 0.4) is 0 Å². The van der Waals surface area contributed by atoms with Crippen molar-refractivity contribution in [3.05, 3.63) is 0 Å². The Hall–Kier alpha value is -0.660. The molecule has 0 aromatic rings. The Morgan fingerprint density at radius 3 is 2.73 bits per heavy atom. The molecular weight excluding hydrogens is 218 g/mol. The maximum Gasteiger partial charge on any atom is 0.216 e. The summed E-state index contributed by atoms with van der Waals surface area (Å²) in [5.74, 6) is -0.156. The summed E-state index contributed by atoms with van der Waals surface area (Å²) < 4.78 is 25.7. The van der Waals surface area contributed by atoms with Crippen molar-refractivity contribution in [2.75, 3.05) is 26.2 Å². The van der Waals surface area contributed by atoms with E-state index in [1.807, 2.05) is 0 Å². The molecule has 0 radical (unpaired) electrons. The number of nitrogens with one attached hydrogen (secondary N) is 3. The smallest absolute Gasteiger partial charge is 0.216 e. The molecule has 0 spiro atoms. The van der Waals surface area contributed by atoms with Gasteiger partial charge >= 0.3 is 0 Å². The first-order valence-electron chi connectivity index (χ1n) is 4.96. The fraction of sp³-hybridized carbons (Fsp3) is 0.875. The molecule has 7 heteroatoms. The SMILES string of the molecule is CC(=O)NCCNS(=O)(=O)C1CCNC1. The van der Waals surface area contributed by atoms with Crippen molar-refractivity contribution in [1.82, 2.24) is 15.4 Å². The van der Waals surface area contributed by atoms with E-state index in [0.29, 0.717) is 19.5 Å². The van der Waals surface area contributed by atoms with E-state index in [1.165, 1.54) is 6.92 Å². The van der Waals surface area contributed by atoms with Crippen LogP contribution in [0, 0.1) is 0 Å². The van der Waals surface area contributed by atoms with E-state index in [-0.39, 0.29) is 17.7 Å². The molecule has 88 valence electrons. The zero-order valence-electron chi connectivity index (χ0n) is 8.75. The molecule has 1 fully saturated rings. The molecule has 6 nitrogen and oxygen atoms in total. The summed E-state index contributed by atoms with van der Waals surface area (Å²) in [4.78, 5) is 10.5. The van der Waals surface area contributed by atoms with E-state index in [1.54, 1.807) is 0 Å². The Morgan fingerprint density at radius 2 is 2.20 bits per heavy atom. The van der Waals surface area contributed by atoms with Gasteiger partial charge in [0.05, 0.1) is 5.25 Å². The number of hydrogen-bond acceptors (Lipinski definition) is 4. The highest BCUT2D eigenvalue weighted by Gasteiger charge is 2.27. The molecule has 15 heavy (non-hydrogen) atoms. The van der Waals surface area contributed by atoms with E-state index in [0.717, 1.165) is 6.54 Å². The lowest BCUT2D eigenvalue weighted by Gasteiger charge is -2.11. The highest BCUT2D eigenvalue weighted by molar-refractivity contribution is 7.90. The lowest BCUT2D eigenvalue weighted by Crippen LogP contribution is -2.39. The highest BCUT2D eigenvalue weighted by Crippen LogP contribution is 2.07. The number of hydrogen-bond donors (Lipinski definition) is 3. The molecule has 1 unspecified atom stereocenters. The van der Waals surface area contributed by atoms with Gasteiger partial charge in [0.1, 0.15) is 0 Å². The first-order valence-corrected chi connectivity index (χ1v) is 6.50. The van der Waals surface area contributed by atoms with Crippen molar-refractivity contribution in [2.45, 2.75) is 18.6 Å². The molecule has 3 N–H and O–H groups in total. The fourth-order valence-electron chi connectivity index (χ4n) is 1.44. The average molecular weight is 235 g/mol. The highest BCUT2D eigenvalue weighted by atomic mass is 32.2. The molecule has 1 rings (SSSR count). The van der Waals surface area contributed by atoms with Gasteiger partial charge < -0.3 is 10.6 Å². The molecule has 0 saturated carbocycles. The topological polar surface area (TPSA) is 87.3 Å². The third-order valence-electron chi connectivity index (χ3n) is 2.26. The second-order valence-corrected chi connectivity index (χ2v) is 5.58. The zero-order chi connectivity index (χ0) is 11.3. The minimum Gasteiger partial charge on any atom is -0.355 e. The standard InChI is InChI=1S/C8H17N3O3S/c1-7(12)10-4-5-11-15(13,14)8-2-3-9-6-8/h8-9,11H,2-6H2,1H3,(H,10,12). The van der Waals surface area contributed by atoms with Gasteiger partial charge in [-0.25, -0.2) is 13.1 Å². The van der Waals surface area contributed by atoms with Gasteiger partial charge in [0.2, 0.25) is 15.9 Å². The van der Waals surface area contributed by atoms with E-state index in [9.17, 15) is 13.2 Å². The van der Waals surface area contributed by atoms with Gasteiger partial charge in [-0.1, -0.05) is 0 Å². The predicted octanol–water partition coefficient (Wildman–Crippen LogP) is -1.60. The summed E-state index contributed by atoms with van der Waals surface area (Å²) in [6.45, 7) is 3.23. The van der Waals surface area contributed by atoms with Crippen LogP contribution in [0.5, 0.6) is 0 Å². The normalized spacial score (nSPS) is 21.5. The first kappa shape index (κ1) is 12.4. The predicted molar refractivity (Wildman–Crippen MR) is 56.9 cm³/mol. The van der Waals surface area contributed by atoms with Crippen molar-refractivity contribution in [3.63, 3.8) is 0 Å². The van der Waals surface area contributed by atoms with Crippen molar-refractivity contribution in [1.29, 1.82) is 0 Å². The van der Waals surface area contributed by atoms with Crippen LogP contribution in [0.2, 0.25) is 0 Å². The van der Waals surface area contributed by atoms with Crippen LogP contribution in [0.25, 0.3) is 0 Å². The van der Waals surface area contributed by atoms with E-state index < -0.39 is 10.0 Å². The molecule has 1 heterocycles. The fourth-order valence-corrected chi connectivity index (χ4v) is 2.83. The zero-order valence-corrected chi connectivity index (χ0v) is 9.56. The van der Waals surface area contributed by atoms with E-state index >= 15 is 0 Å². The van der Waals surface area contributed by atoms with E-state index in [2.05, 4.69) is 15.4 Å². The van der Waals surface area contributed by atoms with Gasteiger partial charge in [0, 0.05) is 26.6 Å². The summed E-state index contributed by atoms with van der Waals surface area (Å²) >= 11 is 0. The molecule has 0 aromatic carbocycles. The molecule has 0 bridgehead atoms.